The molecule has 118 valence electrons. The van der Waals surface area contributed by atoms with E-state index in [0.29, 0.717) is 18.9 Å². The van der Waals surface area contributed by atoms with Crippen LogP contribution in [0.5, 0.6) is 0 Å². The number of benzene rings is 1. The zero-order chi connectivity index (χ0) is 15.5. The van der Waals surface area contributed by atoms with Gasteiger partial charge in [-0.05, 0) is 49.8 Å². The van der Waals surface area contributed by atoms with Gasteiger partial charge in [0.25, 0.3) is 0 Å². The summed E-state index contributed by atoms with van der Waals surface area (Å²) < 4.78 is 45.4. The molecule has 0 amide bonds. The van der Waals surface area contributed by atoms with Crippen molar-refractivity contribution < 1.29 is 17.5 Å². The molecule has 0 bridgehead atoms. The monoisotopic (exact) mass is 316 g/mol. The van der Waals surface area contributed by atoms with E-state index in [1.165, 1.54) is 25.8 Å². The predicted octanol–water partition coefficient (Wildman–Crippen LogP) is 1.81. The van der Waals surface area contributed by atoms with Gasteiger partial charge in [0.15, 0.2) is 0 Å². The molecule has 1 saturated carbocycles. The summed E-state index contributed by atoms with van der Waals surface area (Å²) in [5.41, 5.74) is 5.51. The van der Waals surface area contributed by atoms with E-state index in [1.54, 1.807) is 0 Å². The Bertz CT molecular complexity index is 577. The van der Waals surface area contributed by atoms with E-state index in [1.807, 2.05) is 0 Å². The van der Waals surface area contributed by atoms with Gasteiger partial charge in [-0.25, -0.2) is 17.5 Å². The van der Waals surface area contributed by atoms with Crippen LogP contribution >= 0.6 is 0 Å². The average Bonchev–Trinajstić information content (AvgIpc) is 3.23. The highest BCUT2D eigenvalue weighted by Crippen LogP contribution is 2.28. The maximum atomic E-state index is 13.4. The van der Waals surface area contributed by atoms with Crippen molar-refractivity contribution in [2.45, 2.75) is 31.1 Å². The molecular weight excluding hydrogens is 295 g/mol. The third kappa shape index (κ3) is 4.66. The van der Waals surface area contributed by atoms with Gasteiger partial charge in [-0.1, -0.05) is 0 Å². The molecule has 1 aromatic carbocycles. The fourth-order valence-corrected chi connectivity index (χ4v) is 3.11. The molecule has 0 aromatic heterocycles. The summed E-state index contributed by atoms with van der Waals surface area (Å²) in [5, 5.41) is 0. The average molecular weight is 316 g/mol. The Hall–Kier alpha value is -1.18. The van der Waals surface area contributed by atoms with Crippen molar-refractivity contribution in [3.8, 4) is 0 Å². The molecule has 2 rings (SSSR count). The number of nitrogens with one attached hydrogen (secondary N) is 1. The van der Waals surface area contributed by atoms with E-state index in [0.717, 1.165) is 12.7 Å². The first kappa shape index (κ1) is 16.2. The molecule has 1 aromatic rings. The maximum absolute atomic E-state index is 13.4. The first-order chi connectivity index (χ1) is 9.90. The minimum Gasteiger partial charge on any atom is -0.396 e. The number of anilines is 1. The molecule has 0 atom stereocenters. The second-order valence-electron chi connectivity index (χ2n) is 5.41. The van der Waals surface area contributed by atoms with Crippen LogP contribution in [-0.4, -0.2) is 28.2 Å². The molecule has 21 heavy (non-hydrogen) atoms. The van der Waals surface area contributed by atoms with Gasteiger partial charge >= 0.3 is 0 Å². The number of rotatable bonds is 8. The van der Waals surface area contributed by atoms with E-state index >= 15 is 0 Å². The van der Waals surface area contributed by atoms with Crippen LogP contribution in [0.4, 0.5) is 10.1 Å². The topological polar surface area (TPSA) is 81.4 Å². The van der Waals surface area contributed by atoms with Gasteiger partial charge in [-0.3, -0.25) is 0 Å². The van der Waals surface area contributed by atoms with Crippen LogP contribution in [0.1, 0.15) is 24.8 Å². The molecular formula is C14H21FN2O3S. The predicted molar refractivity (Wildman–Crippen MR) is 78.9 cm³/mol. The Morgan fingerprint density at radius 1 is 1.43 bits per heavy atom. The fraction of sp³-hybridized carbons (Fsp3) is 0.571. The van der Waals surface area contributed by atoms with Crippen LogP contribution in [0.15, 0.2) is 17.0 Å². The highest BCUT2D eigenvalue weighted by Gasteiger charge is 2.21. The fourth-order valence-electron chi connectivity index (χ4n) is 1.92. The number of ether oxygens (including phenoxy) is 1. The van der Waals surface area contributed by atoms with E-state index in [9.17, 15) is 12.8 Å². The Morgan fingerprint density at radius 2 is 2.14 bits per heavy atom. The first-order valence-corrected chi connectivity index (χ1v) is 8.51. The number of aryl methyl sites for hydroxylation is 1. The molecule has 1 fully saturated rings. The summed E-state index contributed by atoms with van der Waals surface area (Å²) in [7, 11) is -3.67. The lowest BCUT2D eigenvalue weighted by Crippen LogP contribution is -2.26. The largest absolute Gasteiger partial charge is 0.396 e. The van der Waals surface area contributed by atoms with Gasteiger partial charge in [0.1, 0.15) is 5.82 Å². The van der Waals surface area contributed by atoms with Crippen LogP contribution < -0.4 is 10.5 Å². The Labute approximate surface area is 124 Å². The van der Waals surface area contributed by atoms with E-state index in [2.05, 4.69) is 4.72 Å². The molecule has 3 N–H and O–H groups in total. The highest BCUT2D eigenvalue weighted by molar-refractivity contribution is 7.89. The van der Waals surface area contributed by atoms with E-state index in [-0.39, 0.29) is 22.7 Å². The number of hydrogen-bond donors (Lipinski definition) is 2. The molecule has 0 aliphatic heterocycles. The van der Waals surface area contributed by atoms with Gasteiger partial charge in [0.2, 0.25) is 10.0 Å². The molecule has 0 radical (unpaired) electrons. The lowest BCUT2D eigenvalue weighted by atomic mass is 10.2. The van der Waals surface area contributed by atoms with Crippen molar-refractivity contribution in [2.75, 3.05) is 25.5 Å². The van der Waals surface area contributed by atoms with E-state index in [4.69, 9.17) is 10.5 Å². The van der Waals surface area contributed by atoms with Crippen LogP contribution in [0.2, 0.25) is 0 Å². The number of hydrogen-bond acceptors (Lipinski definition) is 4. The van der Waals surface area contributed by atoms with Crippen molar-refractivity contribution >= 4 is 15.7 Å². The summed E-state index contributed by atoms with van der Waals surface area (Å²) in [6.07, 6.45) is 3.07. The van der Waals surface area contributed by atoms with Crippen LogP contribution in [-0.2, 0) is 14.8 Å². The highest BCUT2D eigenvalue weighted by atomic mass is 32.2. The van der Waals surface area contributed by atoms with Crippen molar-refractivity contribution in [3.63, 3.8) is 0 Å². The Morgan fingerprint density at radius 3 is 2.76 bits per heavy atom. The lowest BCUT2D eigenvalue weighted by molar-refractivity contribution is 0.123. The standard InChI is InChI=1S/C14H21FN2O3S/c1-10-7-12(8-13(16)14(10)15)21(18,19)17-5-2-6-20-9-11-3-4-11/h7-8,11,17H,2-6,9,16H2,1H3. The Balaban J connectivity index is 1.83. The third-order valence-corrected chi connectivity index (χ3v) is 4.81. The molecule has 5 nitrogen and oxygen atoms in total. The van der Waals surface area contributed by atoms with Crippen molar-refractivity contribution in [1.82, 2.24) is 4.72 Å². The van der Waals surface area contributed by atoms with Crippen molar-refractivity contribution in [2.24, 2.45) is 5.92 Å². The zero-order valence-corrected chi connectivity index (χ0v) is 12.9. The molecule has 0 spiro atoms. The summed E-state index contributed by atoms with van der Waals surface area (Å²) in [6.45, 7) is 3.06. The Kier molecular flexibility index (Phi) is 5.18. The van der Waals surface area contributed by atoms with Gasteiger partial charge < -0.3 is 10.5 Å². The van der Waals surface area contributed by atoms with Gasteiger partial charge in [0.05, 0.1) is 10.6 Å². The van der Waals surface area contributed by atoms with E-state index < -0.39 is 15.8 Å². The minimum atomic E-state index is -3.67. The van der Waals surface area contributed by atoms with Crippen molar-refractivity contribution in [3.05, 3.63) is 23.5 Å². The molecule has 0 heterocycles. The van der Waals surface area contributed by atoms with Crippen LogP contribution in [0.25, 0.3) is 0 Å². The SMILES string of the molecule is Cc1cc(S(=O)(=O)NCCCOCC2CC2)cc(N)c1F. The van der Waals surface area contributed by atoms with Gasteiger partial charge in [0, 0.05) is 19.8 Å². The molecule has 1 aliphatic rings. The molecule has 0 unspecified atom stereocenters. The number of nitrogen functional groups attached to an aromatic ring is 1. The number of halogens is 1. The third-order valence-electron chi connectivity index (χ3n) is 3.37. The first-order valence-electron chi connectivity index (χ1n) is 7.03. The number of sulfonamides is 1. The van der Waals surface area contributed by atoms with Crippen LogP contribution in [0, 0.1) is 18.7 Å². The summed E-state index contributed by atoms with van der Waals surface area (Å²) in [4.78, 5) is -0.0159. The second-order valence-corrected chi connectivity index (χ2v) is 7.18. The minimum absolute atomic E-state index is 0.0159. The molecule has 1 aliphatic carbocycles. The van der Waals surface area contributed by atoms with Crippen LogP contribution in [0.3, 0.4) is 0 Å². The maximum Gasteiger partial charge on any atom is 0.240 e. The summed E-state index contributed by atoms with van der Waals surface area (Å²) in [5.74, 6) is 0.120. The van der Waals surface area contributed by atoms with Gasteiger partial charge in [-0.15, -0.1) is 0 Å². The quantitative estimate of drug-likeness (QED) is 0.566. The second kappa shape index (κ2) is 6.72. The van der Waals surface area contributed by atoms with Crippen molar-refractivity contribution in [1.29, 1.82) is 0 Å². The molecule has 7 heteroatoms. The smallest absolute Gasteiger partial charge is 0.240 e. The normalized spacial score (nSPS) is 15.3. The number of nitrogens with two attached hydrogens (primary N) is 1. The zero-order valence-electron chi connectivity index (χ0n) is 12.1. The van der Waals surface area contributed by atoms with Gasteiger partial charge in [-0.2, -0.15) is 0 Å². The lowest BCUT2D eigenvalue weighted by Gasteiger charge is -2.09. The summed E-state index contributed by atoms with van der Waals surface area (Å²) in [6, 6.07) is 2.41. The summed E-state index contributed by atoms with van der Waals surface area (Å²) >= 11 is 0. The molecule has 0 saturated heterocycles.